The van der Waals surface area contributed by atoms with E-state index in [2.05, 4.69) is 23.6 Å². The van der Waals surface area contributed by atoms with Gasteiger partial charge in [-0.25, -0.2) is 0 Å². The third-order valence-electron chi connectivity index (χ3n) is 5.47. The van der Waals surface area contributed by atoms with Crippen molar-refractivity contribution >= 4 is 23.1 Å². The maximum absolute atomic E-state index is 13.0. The van der Waals surface area contributed by atoms with Gasteiger partial charge in [-0.15, -0.1) is 0 Å². The van der Waals surface area contributed by atoms with Crippen LogP contribution in [0, 0.1) is 11.3 Å². The second-order valence-electron chi connectivity index (χ2n) is 7.06. The largest absolute Gasteiger partial charge is 0.392 e. The molecule has 3 fully saturated rings. The molecule has 2 heterocycles. The van der Waals surface area contributed by atoms with Gasteiger partial charge in [-0.2, -0.15) is 0 Å². The molecule has 20 heavy (non-hydrogen) atoms. The lowest BCUT2D eigenvalue weighted by molar-refractivity contribution is -0.149. The molecule has 1 amide bonds. The highest BCUT2D eigenvalue weighted by Gasteiger charge is 2.54. The zero-order valence-electron chi connectivity index (χ0n) is 12.5. The predicted molar refractivity (Wildman–Crippen MR) is 83.4 cm³/mol. The van der Waals surface area contributed by atoms with Gasteiger partial charge in [0.15, 0.2) is 0 Å². The average molecular weight is 295 g/mol. The lowest BCUT2D eigenvalue weighted by atomic mass is 9.61. The van der Waals surface area contributed by atoms with Gasteiger partial charge < -0.3 is 10.6 Å². The Kier molecular flexibility index (Phi) is 3.53. The summed E-state index contributed by atoms with van der Waals surface area (Å²) < 4.78 is 0. The van der Waals surface area contributed by atoms with Crippen molar-refractivity contribution in [3.8, 4) is 0 Å². The van der Waals surface area contributed by atoms with Crippen LogP contribution in [-0.2, 0) is 4.79 Å². The minimum absolute atomic E-state index is 0.196. The summed E-state index contributed by atoms with van der Waals surface area (Å²) in [7, 11) is 0. The number of nitrogens with zero attached hydrogens (tertiary/aromatic N) is 2. The Bertz CT molecular complexity index is 433. The van der Waals surface area contributed by atoms with E-state index in [1.807, 2.05) is 0 Å². The van der Waals surface area contributed by atoms with Crippen LogP contribution in [0.4, 0.5) is 0 Å². The molecule has 1 saturated carbocycles. The number of hydrogen-bond acceptors (Lipinski definition) is 3. The quantitative estimate of drug-likeness (QED) is 0.782. The second kappa shape index (κ2) is 4.95. The fourth-order valence-corrected chi connectivity index (χ4v) is 4.61. The molecular weight excluding hydrogens is 270 g/mol. The number of carbonyl (C=O) groups is 1. The number of piperazine rings is 1. The molecule has 0 aromatic rings. The SMILES string of the molecule is CC1CC(C(=O)N2CC3CCCN3CC2C)(C(N)=S)C1. The van der Waals surface area contributed by atoms with Gasteiger partial charge in [0.1, 0.15) is 0 Å². The molecule has 0 spiro atoms. The maximum Gasteiger partial charge on any atom is 0.235 e. The summed E-state index contributed by atoms with van der Waals surface area (Å²) in [5, 5.41) is 0. The van der Waals surface area contributed by atoms with Crippen molar-refractivity contribution < 1.29 is 4.79 Å². The first-order valence-electron chi connectivity index (χ1n) is 7.79. The zero-order chi connectivity index (χ0) is 14.5. The number of amides is 1. The molecule has 2 unspecified atom stereocenters. The number of rotatable bonds is 2. The Labute approximate surface area is 126 Å². The fourth-order valence-electron chi connectivity index (χ4n) is 4.36. The zero-order valence-corrected chi connectivity index (χ0v) is 13.3. The molecule has 2 saturated heterocycles. The van der Waals surface area contributed by atoms with E-state index in [1.165, 1.54) is 19.4 Å². The lowest BCUT2D eigenvalue weighted by Gasteiger charge is -2.50. The Balaban J connectivity index is 1.77. The van der Waals surface area contributed by atoms with E-state index >= 15 is 0 Å². The molecule has 112 valence electrons. The van der Waals surface area contributed by atoms with E-state index < -0.39 is 5.41 Å². The molecule has 2 atom stereocenters. The molecule has 0 radical (unpaired) electrons. The van der Waals surface area contributed by atoms with Gasteiger partial charge in [0.2, 0.25) is 5.91 Å². The third kappa shape index (κ3) is 2.06. The Morgan fingerprint density at radius 3 is 2.60 bits per heavy atom. The molecular formula is C15H25N3OS. The van der Waals surface area contributed by atoms with Crippen molar-refractivity contribution in [2.24, 2.45) is 17.1 Å². The van der Waals surface area contributed by atoms with E-state index in [0.717, 1.165) is 25.9 Å². The lowest BCUT2D eigenvalue weighted by Crippen LogP contribution is -2.64. The maximum atomic E-state index is 13.0. The second-order valence-corrected chi connectivity index (χ2v) is 7.50. The molecule has 2 aliphatic heterocycles. The van der Waals surface area contributed by atoms with Crippen LogP contribution in [0.3, 0.4) is 0 Å². The molecule has 2 N–H and O–H groups in total. The van der Waals surface area contributed by atoms with E-state index in [0.29, 0.717) is 16.9 Å². The van der Waals surface area contributed by atoms with Crippen LogP contribution >= 0.6 is 12.2 Å². The highest BCUT2D eigenvalue weighted by Crippen LogP contribution is 2.47. The molecule has 3 aliphatic rings. The summed E-state index contributed by atoms with van der Waals surface area (Å²) in [5.41, 5.74) is 5.39. The smallest absolute Gasteiger partial charge is 0.235 e. The van der Waals surface area contributed by atoms with Crippen LogP contribution < -0.4 is 5.73 Å². The predicted octanol–water partition coefficient (Wildman–Crippen LogP) is 1.38. The number of thiocarbonyl (C=S) groups is 1. The Morgan fingerprint density at radius 2 is 2.00 bits per heavy atom. The number of fused-ring (bicyclic) bond motifs is 1. The van der Waals surface area contributed by atoms with Crippen LogP contribution in [-0.4, -0.2) is 52.4 Å². The molecule has 5 heteroatoms. The average Bonchev–Trinajstić information content (AvgIpc) is 2.79. The molecule has 0 aromatic heterocycles. The van der Waals surface area contributed by atoms with Gasteiger partial charge in [-0.1, -0.05) is 19.1 Å². The van der Waals surface area contributed by atoms with E-state index in [1.54, 1.807) is 0 Å². The Morgan fingerprint density at radius 1 is 1.30 bits per heavy atom. The van der Waals surface area contributed by atoms with Gasteiger partial charge in [0.25, 0.3) is 0 Å². The minimum atomic E-state index is -0.538. The first-order valence-corrected chi connectivity index (χ1v) is 8.20. The van der Waals surface area contributed by atoms with E-state index in [4.69, 9.17) is 18.0 Å². The van der Waals surface area contributed by atoms with Crippen molar-refractivity contribution in [3.63, 3.8) is 0 Å². The monoisotopic (exact) mass is 295 g/mol. The fraction of sp³-hybridized carbons (Fsp3) is 0.867. The summed E-state index contributed by atoms with van der Waals surface area (Å²) in [6, 6.07) is 0.829. The van der Waals surface area contributed by atoms with Crippen LogP contribution in [0.25, 0.3) is 0 Å². The van der Waals surface area contributed by atoms with Gasteiger partial charge in [0, 0.05) is 25.2 Å². The number of carbonyl (C=O) groups excluding carboxylic acids is 1. The molecule has 4 nitrogen and oxygen atoms in total. The topological polar surface area (TPSA) is 49.6 Å². The highest BCUT2D eigenvalue weighted by atomic mass is 32.1. The molecule has 3 rings (SSSR count). The summed E-state index contributed by atoms with van der Waals surface area (Å²) in [6.07, 6.45) is 4.14. The molecule has 0 aromatic carbocycles. The summed E-state index contributed by atoms with van der Waals surface area (Å²) in [6.45, 7) is 7.37. The minimum Gasteiger partial charge on any atom is -0.392 e. The van der Waals surface area contributed by atoms with Crippen molar-refractivity contribution in [2.45, 2.75) is 51.6 Å². The van der Waals surface area contributed by atoms with E-state index in [-0.39, 0.29) is 11.9 Å². The first kappa shape index (κ1) is 14.3. The van der Waals surface area contributed by atoms with Gasteiger partial charge in [-0.05, 0) is 45.1 Å². The van der Waals surface area contributed by atoms with E-state index in [9.17, 15) is 4.79 Å². The normalized spacial score (nSPS) is 41.1. The molecule has 1 aliphatic carbocycles. The van der Waals surface area contributed by atoms with Crippen LogP contribution in [0.1, 0.15) is 39.5 Å². The van der Waals surface area contributed by atoms with Gasteiger partial charge in [0.05, 0.1) is 10.4 Å². The Hall–Kier alpha value is -0.680. The van der Waals surface area contributed by atoms with Crippen molar-refractivity contribution in [2.75, 3.05) is 19.6 Å². The third-order valence-corrected chi connectivity index (χ3v) is 5.86. The highest BCUT2D eigenvalue weighted by molar-refractivity contribution is 7.80. The van der Waals surface area contributed by atoms with Crippen molar-refractivity contribution in [1.82, 2.24) is 9.80 Å². The van der Waals surface area contributed by atoms with Crippen LogP contribution in [0.2, 0.25) is 0 Å². The van der Waals surface area contributed by atoms with Crippen molar-refractivity contribution in [3.05, 3.63) is 0 Å². The van der Waals surface area contributed by atoms with Crippen LogP contribution in [0.15, 0.2) is 0 Å². The first-order chi connectivity index (χ1) is 9.44. The summed E-state index contributed by atoms with van der Waals surface area (Å²) in [5.74, 6) is 0.755. The van der Waals surface area contributed by atoms with Crippen LogP contribution in [0.5, 0.6) is 0 Å². The summed E-state index contributed by atoms with van der Waals surface area (Å²) in [4.78, 5) is 18.0. The molecule has 0 bridgehead atoms. The van der Waals surface area contributed by atoms with Gasteiger partial charge >= 0.3 is 0 Å². The van der Waals surface area contributed by atoms with Crippen molar-refractivity contribution in [1.29, 1.82) is 0 Å². The standard InChI is InChI=1S/C15H25N3OS/c1-10-6-15(7-10,13(16)20)14(19)18-9-12-4-3-5-17(12)8-11(18)2/h10-12H,3-9H2,1-2H3,(H2,16,20). The number of nitrogens with two attached hydrogens (primary N) is 1. The number of hydrogen-bond donors (Lipinski definition) is 1. The van der Waals surface area contributed by atoms with Gasteiger partial charge in [-0.3, -0.25) is 9.69 Å². The summed E-state index contributed by atoms with van der Waals surface area (Å²) >= 11 is 5.23.